The largest absolute Gasteiger partial charge is 0.460 e. The zero-order chi connectivity index (χ0) is 28.9. The molecule has 0 saturated heterocycles. The fraction of sp³-hybridized carbons (Fsp3) is 1.00. The summed E-state index contributed by atoms with van der Waals surface area (Å²) in [7, 11) is -4.61. The van der Waals surface area contributed by atoms with Gasteiger partial charge in [0.1, 0.15) is 0 Å². The average molecular weight is 584 g/mol. The van der Waals surface area contributed by atoms with Crippen molar-refractivity contribution >= 4 is 10.0 Å². The van der Waals surface area contributed by atoms with Crippen LogP contribution in [-0.4, -0.2) is 87.5 Å². The lowest BCUT2D eigenvalue weighted by Crippen LogP contribution is -2.75. The van der Waals surface area contributed by atoms with Crippen LogP contribution in [0.25, 0.3) is 0 Å². The monoisotopic (exact) mass is 584 g/mol. The molecule has 212 valence electrons. The van der Waals surface area contributed by atoms with Crippen LogP contribution in [0.4, 0.5) is 74.6 Å². The van der Waals surface area contributed by atoms with Crippen LogP contribution in [0.3, 0.4) is 0 Å². The van der Waals surface area contributed by atoms with Gasteiger partial charge in [-0.15, -0.1) is 0 Å². The van der Waals surface area contributed by atoms with Gasteiger partial charge >= 0.3 is 47.0 Å². The molecule has 0 atom stereocenters. The van der Waals surface area contributed by atoms with Gasteiger partial charge in [-0.2, -0.15) is 74.6 Å². The van der Waals surface area contributed by atoms with Crippen molar-refractivity contribution in [1.29, 1.82) is 0 Å². The molecule has 0 radical (unpaired) electrons. The Bertz CT molecular complexity index is 851. The van der Waals surface area contributed by atoms with E-state index in [0.717, 1.165) is 0 Å². The minimum atomic E-state index is -8.83. The molecule has 0 fully saturated rings. The normalized spacial score (nSPS) is 16.2. The van der Waals surface area contributed by atoms with Crippen molar-refractivity contribution in [2.75, 3.05) is 27.2 Å². The highest BCUT2D eigenvalue weighted by Crippen LogP contribution is 2.64. The molecule has 35 heavy (non-hydrogen) atoms. The summed E-state index contributed by atoms with van der Waals surface area (Å²) in [6.07, 6.45) is -8.39. The van der Waals surface area contributed by atoms with E-state index in [1.165, 1.54) is 19.0 Å². The highest BCUT2D eigenvalue weighted by Gasteiger charge is 2.96. The van der Waals surface area contributed by atoms with E-state index in [-0.39, 0.29) is 6.54 Å². The maximum Gasteiger partial charge on any atom is 0.460 e. The molecule has 4 nitrogen and oxygen atoms in total. The fourth-order valence-electron chi connectivity index (χ4n) is 2.01. The van der Waals surface area contributed by atoms with Crippen molar-refractivity contribution in [1.82, 2.24) is 9.62 Å². The highest BCUT2D eigenvalue weighted by atomic mass is 32.2. The maximum atomic E-state index is 13.7. The summed E-state index contributed by atoms with van der Waals surface area (Å²) in [6.45, 7) is -1.46. The molecule has 0 amide bonds. The number of hydrogen-bond donors (Lipinski definition) is 1. The Morgan fingerprint density at radius 3 is 1.20 bits per heavy atom. The van der Waals surface area contributed by atoms with E-state index in [2.05, 4.69) is 0 Å². The Kier molecular flexibility index (Phi) is 8.86. The first kappa shape index (κ1) is 33.7. The Balaban J connectivity index is 6.59. The van der Waals surface area contributed by atoms with E-state index in [4.69, 9.17) is 0 Å². The van der Waals surface area contributed by atoms with Gasteiger partial charge in [0.25, 0.3) is 10.0 Å². The molecular formula is C13H13F17N2O2S. The van der Waals surface area contributed by atoms with Gasteiger partial charge in [-0.05, 0) is 27.1 Å². The molecule has 0 aromatic carbocycles. The molecule has 0 spiro atoms. The smallest absolute Gasteiger partial charge is 0.309 e. The Morgan fingerprint density at radius 1 is 0.571 bits per heavy atom. The topological polar surface area (TPSA) is 49.4 Å². The van der Waals surface area contributed by atoms with Crippen LogP contribution in [-0.2, 0) is 10.0 Å². The maximum absolute atomic E-state index is 13.7. The second kappa shape index (κ2) is 9.21. The van der Waals surface area contributed by atoms with Gasteiger partial charge in [-0.1, -0.05) is 0 Å². The number of halogens is 17. The first-order valence-electron chi connectivity index (χ1n) is 8.27. The van der Waals surface area contributed by atoms with E-state index in [0.29, 0.717) is 4.72 Å². The van der Waals surface area contributed by atoms with Gasteiger partial charge in [0.2, 0.25) is 0 Å². The molecule has 0 unspecified atom stereocenters. The summed E-state index contributed by atoms with van der Waals surface area (Å²) in [5, 5.41) is -7.52. The summed E-state index contributed by atoms with van der Waals surface area (Å²) in [5.41, 5.74) is 0. The van der Waals surface area contributed by atoms with E-state index < -0.39 is 70.0 Å². The van der Waals surface area contributed by atoms with Gasteiger partial charge < -0.3 is 4.90 Å². The van der Waals surface area contributed by atoms with Crippen molar-refractivity contribution in [3.8, 4) is 0 Å². The molecule has 0 aliphatic carbocycles. The number of alkyl halides is 17. The van der Waals surface area contributed by atoms with Gasteiger partial charge in [0, 0.05) is 6.54 Å². The molecule has 0 rings (SSSR count). The number of nitrogens with zero attached hydrogens (tertiary/aromatic N) is 1. The molecule has 0 heterocycles. The lowest BCUT2D eigenvalue weighted by atomic mass is 9.91. The molecule has 0 bridgehead atoms. The Morgan fingerprint density at radius 2 is 0.886 bits per heavy atom. The van der Waals surface area contributed by atoms with E-state index in [9.17, 15) is 83.1 Å². The minimum absolute atomic E-state index is 0.187. The van der Waals surface area contributed by atoms with Crippen molar-refractivity contribution in [3.63, 3.8) is 0 Å². The minimum Gasteiger partial charge on any atom is -0.309 e. The van der Waals surface area contributed by atoms with Crippen LogP contribution in [0.1, 0.15) is 6.42 Å². The molecule has 1 N–H and O–H groups in total. The molecular weight excluding hydrogens is 571 g/mol. The third-order valence-corrected chi connectivity index (χ3v) is 5.62. The second-order valence-electron chi connectivity index (χ2n) is 7.02. The first-order chi connectivity index (χ1) is 14.9. The first-order valence-corrected chi connectivity index (χ1v) is 9.75. The number of hydrogen-bond acceptors (Lipinski definition) is 3. The van der Waals surface area contributed by atoms with Crippen molar-refractivity contribution in [2.45, 2.75) is 53.4 Å². The van der Waals surface area contributed by atoms with Gasteiger partial charge in [0.15, 0.2) is 0 Å². The van der Waals surface area contributed by atoms with Gasteiger partial charge in [-0.25, -0.2) is 13.1 Å². The third-order valence-electron chi connectivity index (χ3n) is 4.10. The lowest BCUT2D eigenvalue weighted by Gasteiger charge is -2.42. The van der Waals surface area contributed by atoms with Crippen LogP contribution >= 0.6 is 0 Å². The van der Waals surface area contributed by atoms with Crippen LogP contribution < -0.4 is 4.72 Å². The Hall–Kier alpha value is -1.32. The van der Waals surface area contributed by atoms with E-state index >= 15 is 0 Å². The van der Waals surface area contributed by atoms with Crippen LogP contribution in [0.15, 0.2) is 0 Å². The van der Waals surface area contributed by atoms with E-state index in [1.54, 1.807) is 0 Å². The SMILES string of the molecule is CN(C)CCCNS(=O)(=O)C(F)(F)C(F)(F)C(F)(F)C(F)(F)C(F)(F)C(F)(F)C(F)(F)C(F)(F)F. The molecule has 0 aliphatic heterocycles. The fourth-order valence-corrected chi connectivity index (χ4v) is 3.07. The van der Waals surface area contributed by atoms with Gasteiger partial charge in [-0.3, -0.25) is 0 Å². The van der Waals surface area contributed by atoms with Crippen LogP contribution in [0, 0.1) is 0 Å². The van der Waals surface area contributed by atoms with Crippen LogP contribution in [0.2, 0.25) is 0 Å². The van der Waals surface area contributed by atoms with Crippen molar-refractivity contribution in [3.05, 3.63) is 0 Å². The highest BCUT2D eigenvalue weighted by molar-refractivity contribution is 7.90. The zero-order valence-corrected chi connectivity index (χ0v) is 17.5. The predicted molar refractivity (Wildman–Crippen MR) is 80.8 cm³/mol. The molecule has 0 aliphatic rings. The lowest BCUT2D eigenvalue weighted by molar-refractivity contribution is -0.458. The van der Waals surface area contributed by atoms with Crippen molar-refractivity contribution in [2.24, 2.45) is 0 Å². The Labute approximate surface area is 184 Å². The second-order valence-corrected chi connectivity index (χ2v) is 8.82. The average Bonchev–Trinajstić information content (AvgIpc) is 2.62. The molecule has 0 aromatic rings. The zero-order valence-electron chi connectivity index (χ0n) is 16.7. The number of sulfonamides is 1. The summed E-state index contributed by atoms with van der Waals surface area (Å²) in [5.74, 6) is -51.5. The number of rotatable bonds is 12. The third kappa shape index (κ3) is 4.97. The molecule has 22 heteroatoms. The predicted octanol–water partition coefficient (Wildman–Crippen LogP) is 4.82. The molecule has 0 aromatic heterocycles. The summed E-state index contributed by atoms with van der Waals surface area (Å²) in [6, 6.07) is 0. The van der Waals surface area contributed by atoms with Crippen LogP contribution in [0.5, 0.6) is 0 Å². The van der Waals surface area contributed by atoms with E-state index in [1.807, 2.05) is 0 Å². The molecule has 0 saturated carbocycles. The number of nitrogens with one attached hydrogen (secondary N) is 1. The summed E-state index contributed by atoms with van der Waals surface area (Å²) >= 11 is 0. The van der Waals surface area contributed by atoms with Crippen molar-refractivity contribution < 1.29 is 83.1 Å². The van der Waals surface area contributed by atoms with Gasteiger partial charge in [0.05, 0.1) is 0 Å². The summed E-state index contributed by atoms with van der Waals surface area (Å²) < 4.78 is 246. The quantitative estimate of drug-likeness (QED) is 0.265. The standard InChI is InChI=1S/C13H13F17N2O2S/c1-32(2)5-3-4-31-35(33,34)13(29,30)11(24,25)9(20,21)7(16,17)6(14,15)8(18,19)10(22,23)12(26,27)28/h31H,3-5H2,1-2H3. The summed E-state index contributed by atoms with van der Waals surface area (Å²) in [4.78, 5) is 1.23.